The number of carbonyl (C=O) groups is 1. The molecule has 0 bridgehead atoms. The van der Waals surface area contributed by atoms with Gasteiger partial charge in [-0.1, -0.05) is 61.0 Å². The molecule has 1 amide bonds. The van der Waals surface area contributed by atoms with E-state index in [1.807, 2.05) is 0 Å². The minimum absolute atomic E-state index is 0.207. The molecule has 224 valence electrons. The molecule has 0 spiro atoms. The van der Waals surface area contributed by atoms with Gasteiger partial charge in [0.05, 0.1) is 22.5 Å². The van der Waals surface area contributed by atoms with Gasteiger partial charge in [0.25, 0.3) is 0 Å². The fraction of sp³-hybridized carbons (Fsp3) is 0.406. The summed E-state index contributed by atoms with van der Waals surface area (Å²) in [4.78, 5) is 12.8. The summed E-state index contributed by atoms with van der Waals surface area (Å²) in [7, 11) is -4.37. The summed E-state index contributed by atoms with van der Waals surface area (Å²) in [6, 6.07) is 18.2. The van der Waals surface area contributed by atoms with Gasteiger partial charge in [-0.2, -0.15) is 13.2 Å². The molecule has 0 aromatic heterocycles. The molecule has 6 nitrogen and oxygen atoms in total. The average Bonchev–Trinajstić information content (AvgIpc) is 2.94. The molecule has 0 saturated heterocycles. The van der Waals surface area contributed by atoms with Crippen LogP contribution < -0.4 is 15.4 Å². The van der Waals surface area contributed by atoms with Gasteiger partial charge in [0.2, 0.25) is 15.9 Å². The molecular weight excluding hydrogens is 563 g/mol. The number of amides is 1. The smallest absolute Gasteiger partial charge is 0.349 e. The molecule has 3 aromatic carbocycles. The van der Waals surface area contributed by atoms with Crippen LogP contribution in [-0.4, -0.2) is 20.4 Å². The van der Waals surface area contributed by atoms with Crippen LogP contribution in [0.4, 0.5) is 13.2 Å². The summed E-state index contributed by atoms with van der Waals surface area (Å²) in [6.07, 6.45) is 1.40. The minimum Gasteiger partial charge on any atom is -0.349 e. The first-order valence-electron chi connectivity index (χ1n) is 14.4. The molecule has 2 aliphatic carbocycles. The summed E-state index contributed by atoms with van der Waals surface area (Å²) in [5.41, 5.74) is 2.96. The Bertz CT molecular complexity index is 1510. The van der Waals surface area contributed by atoms with Crippen LogP contribution in [0.1, 0.15) is 91.4 Å². The molecule has 10 heteroatoms. The van der Waals surface area contributed by atoms with Crippen molar-refractivity contribution >= 4 is 15.9 Å². The Morgan fingerprint density at radius 1 is 0.929 bits per heavy atom. The van der Waals surface area contributed by atoms with Gasteiger partial charge in [-0.05, 0) is 79.5 Å². The maximum Gasteiger partial charge on any atom is 0.416 e. The SMILES string of the molecule is C[C@H](NC1CCC1)c1ccc2c(c1)CCC[C@H]2NC(=O)CC(NS(=O)(=O)c1cccc(C(F)(F)F)c1)c1ccccc1. The van der Waals surface area contributed by atoms with Crippen molar-refractivity contribution in [2.75, 3.05) is 0 Å². The third kappa shape index (κ3) is 7.22. The summed E-state index contributed by atoms with van der Waals surface area (Å²) < 4.78 is 68.6. The van der Waals surface area contributed by atoms with E-state index in [0.29, 0.717) is 17.7 Å². The molecule has 3 aromatic rings. The molecule has 1 saturated carbocycles. The van der Waals surface area contributed by atoms with Crippen molar-refractivity contribution < 1.29 is 26.4 Å². The maximum atomic E-state index is 13.3. The van der Waals surface area contributed by atoms with E-state index in [0.717, 1.165) is 43.0 Å². The van der Waals surface area contributed by atoms with Crippen molar-refractivity contribution in [2.24, 2.45) is 0 Å². The highest BCUT2D eigenvalue weighted by Gasteiger charge is 2.33. The van der Waals surface area contributed by atoms with E-state index in [9.17, 15) is 26.4 Å². The lowest BCUT2D eigenvalue weighted by molar-refractivity contribution is -0.137. The van der Waals surface area contributed by atoms with Crippen LogP contribution in [0.3, 0.4) is 0 Å². The molecule has 2 aliphatic rings. The van der Waals surface area contributed by atoms with Gasteiger partial charge in [-0.3, -0.25) is 4.79 Å². The minimum atomic E-state index is -4.69. The molecule has 0 aliphatic heterocycles. The molecular formula is C32H36F3N3O3S. The number of benzene rings is 3. The molecule has 5 rings (SSSR count). The zero-order valence-corrected chi connectivity index (χ0v) is 24.3. The number of alkyl halides is 3. The normalized spacial score (nSPS) is 18.9. The van der Waals surface area contributed by atoms with Crippen LogP contribution in [0.2, 0.25) is 0 Å². The van der Waals surface area contributed by atoms with Gasteiger partial charge in [0.15, 0.2) is 0 Å². The van der Waals surface area contributed by atoms with Crippen molar-refractivity contribution in [1.82, 2.24) is 15.4 Å². The highest BCUT2D eigenvalue weighted by atomic mass is 32.2. The maximum absolute atomic E-state index is 13.3. The predicted octanol–water partition coefficient (Wildman–Crippen LogP) is 6.51. The van der Waals surface area contributed by atoms with Crippen LogP contribution in [-0.2, 0) is 27.4 Å². The van der Waals surface area contributed by atoms with Crippen molar-refractivity contribution in [3.05, 3.63) is 101 Å². The third-order valence-electron chi connectivity index (χ3n) is 8.27. The topological polar surface area (TPSA) is 87.3 Å². The van der Waals surface area contributed by atoms with E-state index in [4.69, 9.17) is 0 Å². The largest absolute Gasteiger partial charge is 0.416 e. The van der Waals surface area contributed by atoms with E-state index in [1.165, 1.54) is 30.4 Å². The number of hydrogen-bond acceptors (Lipinski definition) is 4. The van der Waals surface area contributed by atoms with E-state index < -0.39 is 32.7 Å². The number of carbonyl (C=O) groups excluding carboxylic acids is 1. The molecule has 42 heavy (non-hydrogen) atoms. The predicted molar refractivity (Wildman–Crippen MR) is 155 cm³/mol. The Hall–Kier alpha value is -3.21. The zero-order chi connectivity index (χ0) is 29.9. The number of hydrogen-bond donors (Lipinski definition) is 3. The van der Waals surface area contributed by atoms with Crippen LogP contribution in [0.5, 0.6) is 0 Å². The van der Waals surface area contributed by atoms with Gasteiger partial charge in [-0.15, -0.1) is 0 Å². The van der Waals surface area contributed by atoms with Crippen LogP contribution in [0.25, 0.3) is 0 Å². The third-order valence-corrected chi connectivity index (χ3v) is 9.74. The summed E-state index contributed by atoms with van der Waals surface area (Å²) in [6.45, 7) is 2.17. The number of fused-ring (bicyclic) bond motifs is 1. The molecule has 0 radical (unpaired) electrons. The van der Waals surface area contributed by atoms with Gasteiger partial charge >= 0.3 is 6.18 Å². The number of aryl methyl sites for hydroxylation is 1. The quantitative estimate of drug-likeness (QED) is 0.248. The van der Waals surface area contributed by atoms with Crippen LogP contribution >= 0.6 is 0 Å². The second-order valence-electron chi connectivity index (χ2n) is 11.3. The summed E-state index contributed by atoms with van der Waals surface area (Å²) >= 11 is 0. The van der Waals surface area contributed by atoms with Gasteiger partial charge in [0.1, 0.15) is 0 Å². The number of halogens is 3. The second-order valence-corrected chi connectivity index (χ2v) is 13.0. The Labute approximate surface area is 245 Å². The Kier molecular flexibility index (Phi) is 9.05. The van der Waals surface area contributed by atoms with Gasteiger partial charge < -0.3 is 10.6 Å². The lowest BCUT2D eigenvalue weighted by Crippen LogP contribution is -2.37. The Morgan fingerprint density at radius 3 is 2.38 bits per heavy atom. The number of rotatable bonds is 10. The van der Waals surface area contributed by atoms with E-state index in [2.05, 4.69) is 40.5 Å². The molecule has 1 unspecified atom stereocenters. The van der Waals surface area contributed by atoms with E-state index in [1.54, 1.807) is 30.3 Å². The van der Waals surface area contributed by atoms with Gasteiger partial charge in [0, 0.05) is 18.5 Å². The van der Waals surface area contributed by atoms with E-state index in [-0.39, 0.29) is 24.4 Å². The van der Waals surface area contributed by atoms with Crippen LogP contribution in [0.15, 0.2) is 77.7 Å². The zero-order valence-electron chi connectivity index (χ0n) is 23.5. The molecule has 1 fully saturated rings. The van der Waals surface area contributed by atoms with Crippen LogP contribution in [0, 0.1) is 0 Å². The summed E-state index contributed by atoms with van der Waals surface area (Å²) in [5.74, 6) is -0.350. The van der Waals surface area contributed by atoms with Gasteiger partial charge in [-0.25, -0.2) is 13.1 Å². The number of sulfonamides is 1. The first-order valence-corrected chi connectivity index (χ1v) is 15.9. The first-order chi connectivity index (χ1) is 20.0. The summed E-state index contributed by atoms with van der Waals surface area (Å²) in [5, 5.41) is 6.77. The standard InChI is InChI=1S/C32H36F3N3O3S/c1-21(36-26-12-7-13-26)23-16-17-28-24(18-23)10-5-15-29(28)37-31(39)20-30(22-8-3-2-4-9-22)38-42(40,41)27-14-6-11-25(19-27)32(33,34)35/h2-4,6,8-9,11,14,16-19,21,26,29-30,36,38H,5,7,10,12-13,15,20H2,1H3,(H,37,39)/t21-,29+,30?/m0/s1. The lowest BCUT2D eigenvalue weighted by Gasteiger charge is -2.31. The van der Waals surface area contributed by atoms with Crippen molar-refractivity contribution in [3.8, 4) is 0 Å². The van der Waals surface area contributed by atoms with E-state index >= 15 is 0 Å². The molecule has 3 N–H and O–H groups in total. The van der Waals surface area contributed by atoms with Crippen molar-refractivity contribution in [3.63, 3.8) is 0 Å². The van der Waals surface area contributed by atoms with Crippen molar-refractivity contribution in [1.29, 1.82) is 0 Å². The first kappa shape index (κ1) is 30.3. The lowest BCUT2D eigenvalue weighted by atomic mass is 9.85. The Balaban J connectivity index is 1.31. The number of nitrogens with one attached hydrogen (secondary N) is 3. The average molecular weight is 600 g/mol. The fourth-order valence-corrected chi connectivity index (χ4v) is 6.99. The molecule has 3 atom stereocenters. The van der Waals surface area contributed by atoms with Crippen molar-refractivity contribution in [2.45, 2.75) is 87.1 Å². The second kappa shape index (κ2) is 12.6. The highest BCUT2D eigenvalue weighted by Crippen LogP contribution is 2.34. The molecule has 0 heterocycles. The highest BCUT2D eigenvalue weighted by molar-refractivity contribution is 7.89. The Morgan fingerprint density at radius 2 is 1.69 bits per heavy atom. The fourth-order valence-electron chi connectivity index (χ4n) is 5.72. The monoisotopic (exact) mass is 599 g/mol.